The third-order valence-electron chi connectivity index (χ3n) is 3.08. The predicted molar refractivity (Wildman–Crippen MR) is 71.1 cm³/mol. The molecule has 0 amide bonds. The van der Waals surface area contributed by atoms with Crippen molar-refractivity contribution in [2.75, 3.05) is 45.5 Å². The van der Waals surface area contributed by atoms with E-state index in [4.69, 9.17) is 14.0 Å². The zero-order valence-corrected chi connectivity index (χ0v) is 12.7. The number of aliphatic hydroxyl groups excluding tert-OH is 1. The molecule has 0 saturated heterocycles. The summed E-state index contributed by atoms with van der Waals surface area (Å²) in [5, 5.41) is 9.74. The normalized spacial score (nSPS) is 14.6. The Labute approximate surface area is 115 Å². The number of quaternary nitrogens is 1. The molecule has 0 aliphatic carbocycles. The third kappa shape index (κ3) is 8.51. The summed E-state index contributed by atoms with van der Waals surface area (Å²) in [5.74, 6) is -0.654. The van der Waals surface area contributed by atoms with Crippen LogP contribution < -0.4 is 0 Å². The Morgan fingerprint density at radius 2 is 1.74 bits per heavy atom. The Hall–Kier alpha value is -0.250. The van der Waals surface area contributed by atoms with Gasteiger partial charge in [0, 0.05) is 6.61 Å². The van der Waals surface area contributed by atoms with Crippen LogP contribution in [0.2, 0.25) is 0 Å². The fraction of sp³-hybridized carbons (Fsp3) is 1.00. The standard InChI is InChI=1S/C11H25NO6S/c1-4-12(5-2,9-18-10-17-6-3)7-11(13)8-19(14,15)16/h11,13H,4-10H2,1-3H3/p+1. The molecule has 0 saturated carbocycles. The molecule has 0 rings (SSSR count). The zero-order valence-electron chi connectivity index (χ0n) is 11.9. The van der Waals surface area contributed by atoms with Crippen LogP contribution in [0.25, 0.3) is 0 Å². The molecule has 0 aromatic rings. The predicted octanol–water partition coefficient (Wildman–Crippen LogP) is 0.0598. The van der Waals surface area contributed by atoms with Crippen LogP contribution >= 0.6 is 0 Å². The van der Waals surface area contributed by atoms with Crippen LogP contribution in [0, 0.1) is 0 Å². The molecule has 0 heterocycles. The Bertz CT molecular complexity index is 328. The fourth-order valence-corrected chi connectivity index (χ4v) is 2.42. The maximum atomic E-state index is 10.7. The van der Waals surface area contributed by atoms with Crippen molar-refractivity contribution >= 4 is 10.1 Å². The second-order valence-corrected chi connectivity index (χ2v) is 6.00. The summed E-state index contributed by atoms with van der Waals surface area (Å²) in [7, 11) is -4.17. The number of ether oxygens (including phenoxy) is 2. The Morgan fingerprint density at radius 1 is 1.16 bits per heavy atom. The first-order valence-electron chi connectivity index (χ1n) is 6.42. The molecule has 8 heteroatoms. The minimum absolute atomic E-state index is 0.172. The van der Waals surface area contributed by atoms with E-state index in [1.165, 1.54) is 0 Å². The first kappa shape index (κ1) is 18.8. The van der Waals surface area contributed by atoms with Gasteiger partial charge < -0.3 is 14.6 Å². The first-order valence-corrected chi connectivity index (χ1v) is 8.03. The van der Waals surface area contributed by atoms with Crippen molar-refractivity contribution in [2.45, 2.75) is 26.9 Å². The number of hydrogen-bond acceptors (Lipinski definition) is 5. The van der Waals surface area contributed by atoms with Crippen LogP contribution in [0.4, 0.5) is 0 Å². The van der Waals surface area contributed by atoms with Gasteiger partial charge in [-0.2, -0.15) is 8.42 Å². The van der Waals surface area contributed by atoms with Crippen LogP contribution in [0.1, 0.15) is 20.8 Å². The van der Waals surface area contributed by atoms with Crippen molar-refractivity contribution in [2.24, 2.45) is 0 Å². The van der Waals surface area contributed by atoms with E-state index in [2.05, 4.69) is 0 Å². The molecule has 0 bridgehead atoms. The van der Waals surface area contributed by atoms with Crippen LogP contribution in [0.3, 0.4) is 0 Å². The van der Waals surface area contributed by atoms with Crippen LogP contribution in [-0.2, 0) is 19.6 Å². The largest absolute Gasteiger partial charge is 0.386 e. The molecular weight excluding hydrogens is 274 g/mol. The number of nitrogens with zero attached hydrogens (tertiary/aromatic N) is 1. The maximum absolute atomic E-state index is 10.7. The summed E-state index contributed by atoms with van der Waals surface area (Å²) in [6, 6.07) is 0. The molecule has 0 aromatic heterocycles. The van der Waals surface area contributed by atoms with Crippen molar-refractivity contribution in [3.63, 3.8) is 0 Å². The Morgan fingerprint density at radius 3 is 2.16 bits per heavy atom. The van der Waals surface area contributed by atoms with E-state index in [1.54, 1.807) is 0 Å². The van der Waals surface area contributed by atoms with Crippen molar-refractivity contribution in [1.82, 2.24) is 0 Å². The van der Waals surface area contributed by atoms with Crippen molar-refractivity contribution in [3.8, 4) is 0 Å². The topological polar surface area (TPSA) is 93.1 Å². The molecule has 7 nitrogen and oxygen atoms in total. The molecule has 0 spiro atoms. The fourth-order valence-electron chi connectivity index (χ4n) is 1.83. The number of rotatable bonds is 11. The van der Waals surface area contributed by atoms with Gasteiger partial charge in [0.25, 0.3) is 10.1 Å². The van der Waals surface area contributed by atoms with E-state index in [1.807, 2.05) is 20.8 Å². The molecule has 0 aromatic carbocycles. The van der Waals surface area contributed by atoms with Gasteiger partial charge in [-0.15, -0.1) is 0 Å². The minimum atomic E-state index is -4.17. The number of hydrogen-bond donors (Lipinski definition) is 2. The molecule has 1 atom stereocenters. The summed E-state index contributed by atoms with van der Waals surface area (Å²) in [4.78, 5) is 0. The SMILES string of the molecule is CCOCOC[N+](CC)(CC)CC(O)CS(=O)(=O)O. The average molecular weight is 300 g/mol. The smallest absolute Gasteiger partial charge is 0.267 e. The highest BCUT2D eigenvalue weighted by atomic mass is 32.2. The highest BCUT2D eigenvalue weighted by Gasteiger charge is 2.29. The van der Waals surface area contributed by atoms with Gasteiger partial charge in [-0.05, 0) is 20.8 Å². The van der Waals surface area contributed by atoms with Crippen LogP contribution in [-0.4, -0.2) is 74.2 Å². The monoisotopic (exact) mass is 300 g/mol. The van der Waals surface area contributed by atoms with Gasteiger partial charge in [0.1, 0.15) is 18.4 Å². The lowest BCUT2D eigenvalue weighted by atomic mass is 10.3. The summed E-state index contributed by atoms with van der Waals surface area (Å²) in [6.45, 7) is 8.38. The van der Waals surface area contributed by atoms with Gasteiger partial charge in [-0.1, -0.05) is 0 Å². The molecule has 1 unspecified atom stereocenters. The molecule has 2 N–H and O–H groups in total. The summed E-state index contributed by atoms with van der Waals surface area (Å²) in [5.41, 5.74) is 0. The summed E-state index contributed by atoms with van der Waals surface area (Å²) < 4.78 is 41.1. The summed E-state index contributed by atoms with van der Waals surface area (Å²) >= 11 is 0. The molecule has 0 aliphatic heterocycles. The van der Waals surface area contributed by atoms with E-state index in [9.17, 15) is 13.5 Å². The first-order chi connectivity index (χ1) is 8.78. The van der Waals surface area contributed by atoms with Gasteiger partial charge in [0.05, 0.1) is 13.1 Å². The van der Waals surface area contributed by atoms with Crippen molar-refractivity contribution < 1.29 is 32.0 Å². The molecule has 0 fully saturated rings. The number of likely N-dealkylation sites (N-methyl/N-ethyl adjacent to an activating group) is 1. The van der Waals surface area contributed by atoms with Crippen molar-refractivity contribution in [1.29, 1.82) is 0 Å². The van der Waals surface area contributed by atoms with Gasteiger partial charge >= 0.3 is 0 Å². The maximum Gasteiger partial charge on any atom is 0.267 e. The van der Waals surface area contributed by atoms with Gasteiger partial charge in [0.2, 0.25) is 0 Å². The van der Waals surface area contributed by atoms with E-state index >= 15 is 0 Å². The second-order valence-electron chi connectivity index (χ2n) is 4.50. The summed E-state index contributed by atoms with van der Waals surface area (Å²) in [6.07, 6.45) is -1.12. The lowest BCUT2D eigenvalue weighted by Gasteiger charge is -2.37. The quantitative estimate of drug-likeness (QED) is 0.243. The van der Waals surface area contributed by atoms with Crippen LogP contribution in [0.15, 0.2) is 0 Å². The molecule has 0 radical (unpaired) electrons. The van der Waals surface area contributed by atoms with Gasteiger partial charge in [-0.25, -0.2) is 0 Å². The number of aliphatic hydroxyl groups is 1. The van der Waals surface area contributed by atoms with E-state index in [0.717, 1.165) is 0 Å². The molecule has 116 valence electrons. The molecule has 19 heavy (non-hydrogen) atoms. The highest BCUT2D eigenvalue weighted by Crippen LogP contribution is 2.09. The van der Waals surface area contributed by atoms with Gasteiger partial charge in [-0.3, -0.25) is 9.04 Å². The van der Waals surface area contributed by atoms with Gasteiger partial charge in [0.15, 0.2) is 13.5 Å². The van der Waals surface area contributed by atoms with Crippen molar-refractivity contribution in [3.05, 3.63) is 0 Å². The van der Waals surface area contributed by atoms with E-state index < -0.39 is 22.0 Å². The molecule has 0 aliphatic rings. The zero-order chi connectivity index (χ0) is 14.9. The van der Waals surface area contributed by atoms with E-state index in [0.29, 0.717) is 30.9 Å². The minimum Gasteiger partial charge on any atom is -0.386 e. The Balaban J connectivity index is 4.43. The second kappa shape index (κ2) is 8.83. The average Bonchev–Trinajstić information content (AvgIpc) is 2.31. The lowest BCUT2D eigenvalue weighted by molar-refractivity contribution is -0.945. The lowest BCUT2D eigenvalue weighted by Crippen LogP contribution is -2.54. The highest BCUT2D eigenvalue weighted by molar-refractivity contribution is 7.85. The Kier molecular flexibility index (Phi) is 8.71. The third-order valence-corrected chi connectivity index (χ3v) is 3.88. The molecular formula is C11H26NO6S+. The van der Waals surface area contributed by atoms with Crippen LogP contribution in [0.5, 0.6) is 0 Å². The van der Waals surface area contributed by atoms with E-state index in [-0.39, 0.29) is 13.3 Å².